The van der Waals surface area contributed by atoms with E-state index in [-0.39, 0.29) is 11.8 Å². The number of nitrogens with zero attached hydrogens (tertiary/aromatic N) is 3. The number of hydrogen-bond donors (Lipinski definition) is 0. The molecular formula is C50H46N3O+. The van der Waals surface area contributed by atoms with Crippen LogP contribution in [0, 0.1) is 20.8 Å². The summed E-state index contributed by atoms with van der Waals surface area (Å²) in [5.74, 6) is 1.66. The molecule has 0 unspecified atom stereocenters. The van der Waals surface area contributed by atoms with Gasteiger partial charge in [0.05, 0.1) is 7.05 Å². The summed E-state index contributed by atoms with van der Waals surface area (Å²) in [5, 5.41) is 4.60. The molecule has 3 heterocycles. The molecular weight excluding hydrogens is 659 g/mol. The Kier molecular flexibility index (Phi) is 8.04. The summed E-state index contributed by atoms with van der Waals surface area (Å²) in [6.07, 6.45) is 0. The summed E-state index contributed by atoms with van der Waals surface area (Å²) in [6.45, 7) is 15.6. The van der Waals surface area contributed by atoms with E-state index in [9.17, 15) is 0 Å². The Morgan fingerprint density at radius 1 is 0.574 bits per heavy atom. The first-order valence-corrected chi connectivity index (χ1v) is 19.2. The fourth-order valence-electron chi connectivity index (χ4n) is 8.61. The maximum Gasteiger partial charge on any atom is 0.299 e. The Bertz CT molecular complexity index is 2870. The monoisotopic (exact) mass is 704 g/mol. The molecule has 0 radical (unpaired) electrons. The topological polar surface area (TPSA) is 34.8 Å². The lowest BCUT2D eigenvalue weighted by Crippen LogP contribution is -2.30. The van der Waals surface area contributed by atoms with Crippen LogP contribution in [0.15, 0.2) is 126 Å². The van der Waals surface area contributed by atoms with Gasteiger partial charge in [0.25, 0.3) is 5.82 Å². The maximum absolute atomic E-state index is 7.03. The van der Waals surface area contributed by atoms with Gasteiger partial charge in [-0.3, -0.25) is 4.98 Å². The van der Waals surface area contributed by atoms with Crippen LogP contribution >= 0.6 is 0 Å². The van der Waals surface area contributed by atoms with Gasteiger partial charge in [0.2, 0.25) is 0 Å². The van der Waals surface area contributed by atoms with Crippen molar-refractivity contribution in [3.63, 3.8) is 0 Å². The predicted octanol–water partition coefficient (Wildman–Crippen LogP) is 13.1. The van der Waals surface area contributed by atoms with E-state index in [1.807, 2.05) is 0 Å². The third kappa shape index (κ3) is 5.35. The highest BCUT2D eigenvalue weighted by atomic mass is 16.3. The van der Waals surface area contributed by atoms with Gasteiger partial charge in [-0.15, -0.1) is 0 Å². The zero-order chi connectivity index (χ0) is 37.4. The number of fused-ring (bicyclic) bond motifs is 6. The minimum Gasteiger partial charge on any atom is -0.454 e. The number of aromatic nitrogens is 3. The number of imidazole rings is 1. The number of rotatable bonds is 6. The van der Waals surface area contributed by atoms with Crippen molar-refractivity contribution in [2.45, 2.75) is 60.3 Å². The van der Waals surface area contributed by atoms with Gasteiger partial charge < -0.3 is 4.42 Å². The van der Waals surface area contributed by atoms with E-state index in [0.29, 0.717) is 0 Å². The maximum atomic E-state index is 7.03. The number of furan rings is 1. The lowest BCUT2D eigenvalue weighted by atomic mass is 9.87. The molecule has 0 atom stereocenters. The smallest absolute Gasteiger partial charge is 0.299 e. The van der Waals surface area contributed by atoms with Crippen LogP contribution in [0.2, 0.25) is 0 Å². The Hall–Kier alpha value is -6.00. The number of hydrogen-bond acceptors (Lipinski definition) is 2. The summed E-state index contributed by atoms with van der Waals surface area (Å²) >= 11 is 0. The van der Waals surface area contributed by atoms with E-state index < -0.39 is 0 Å². The van der Waals surface area contributed by atoms with Crippen LogP contribution in [0.4, 0.5) is 0 Å². The summed E-state index contributed by atoms with van der Waals surface area (Å²) in [6, 6.07) is 44.5. The number of para-hydroxylation sites is 2. The molecule has 0 fully saturated rings. The lowest BCUT2D eigenvalue weighted by molar-refractivity contribution is -0.633. The van der Waals surface area contributed by atoms with Crippen LogP contribution < -0.4 is 4.57 Å². The van der Waals surface area contributed by atoms with Gasteiger partial charge in [-0.05, 0) is 108 Å². The molecule has 9 aromatic rings. The first-order chi connectivity index (χ1) is 26.1. The lowest BCUT2D eigenvalue weighted by Gasteiger charge is -2.21. The van der Waals surface area contributed by atoms with Crippen molar-refractivity contribution in [1.29, 1.82) is 0 Å². The Balaban J connectivity index is 1.31. The van der Waals surface area contributed by atoms with Gasteiger partial charge in [-0.1, -0.05) is 107 Å². The van der Waals surface area contributed by atoms with Crippen molar-refractivity contribution >= 4 is 43.7 Å². The van der Waals surface area contributed by atoms with E-state index >= 15 is 0 Å². The minimum atomic E-state index is 0.272. The van der Waals surface area contributed by atoms with E-state index in [2.05, 4.69) is 191 Å². The Labute approximate surface area is 317 Å². The number of benzene rings is 6. The van der Waals surface area contributed by atoms with Crippen molar-refractivity contribution in [3.8, 4) is 39.3 Å². The molecule has 4 heteroatoms. The van der Waals surface area contributed by atoms with E-state index in [0.717, 1.165) is 50.1 Å². The molecule has 0 aliphatic heterocycles. The van der Waals surface area contributed by atoms with E-state index in [1.165, 1.54) is 61.1 Å². The highest BCUT2D eigenvalue weighted by Gasteiger charge is 2.34. The highest BCUT2D eigenvalue weighted by Crippen LogP contribution is 2.44. The molecule has 0 aliphatic carbocycles. The minimum absolute atomic E-state index is 0.272. The third-order valence-corrected chi connectivity index (χ3v) is 11.2. The predicted molar refractivity (Wildman–Crippen MR) is 226 cm³/mol. The normalized spacial score (nSPS) is 12.0. The zero-order valence-corrected chi connectivity index (χ0v) is 32.5. The molecule has 3 aromatic heterocycles. The molecule has 0 N–H and O–H groups in total. The van der Waals surface area contributed by atoms with Crippen LogP contribution in [-0.2, 0) is 7.05 Å². The van der Waals surface area contributed by atoms with E-state index in [4.69, 9.17) is 4.42 Å². The molecule has 0 aliphatic rings. The largest absolute Gasteiger partial charge is 0.454 e. The quantitative estimate of drug-likeness (QED) is 0.162. The molecule has 0 amide bonds. The van der Waals surface area contributed by atoms with Crippen molar-refractivity contribution in [2.75, 3.05) is 0 Å². The first-order valence-electron chi connectivity index (χ1n) is 19.2. The number of aryl methyl sites for hydroxylation is 4. The van der Waals surface area contributed by atoms with Gasteiger partial charge in [0.1, 0.15) is 16.8 Å². The third-order valence-electron chi connectivity index (χ3n) is 11.2. The standard InChI is InChI=1S/C50H46N3O/c1-29(2)42-27-38(35-20-18-34(19-21-35)37-25-32(6)51-33(7)26-37)28-43(30(3)4)47(42)53-45-16-12-11-15-44(45)52(8)50(53)46-31(5)17-23-41-40-24-22-36-13-9-10-14-39(36)48(40)54-49(41)46/h9-30H,1-8H3/q+1. The second kappa shape index (κ2) is 12.8. The van der Waals surface area contributed by atoms with Crippen LogP contribution in [-0.4, -0.2) is 9.55 Å². The van der Waals surface area contributed by atoms with Gasteiger partial charge in [-0.2, -0.15) is 4.57 Å². The summed E-state index contributed by atoms with van der Waals surface area (Å²) in [4.78, 5) is 4.59. The molecule has 54 heavy (non-hydrogen) atoms. The second-order valence-electron chi connectivity index (χ2n) is 15.6. The van der Waals surface area contributed by atoms with Crippen molar-refractivity contribution < 1.29 is 8.98 Å². The average molecular weight is 705 g/mol. The van der Waals surface area contributed by atoms with Gasteiger partial charge in [-0.25, -0.2) is 4.57 Å². The molecule has 9 rings (SSSR count). The van der Waals surface area contributed by atoms with Crippen molar-refractivity contribution in [1.82, 2.24) is 9.55 Å². The first kappa shape index (κ1) is 33.8. The molecule has 0 spiro atoms. The van der Waals surface area contributed by atoms with Gasteiger partial charge in [0, 0.05) is 38.7 Å². The van der Waals surface area contributed by atoms with Crippen molar-refractivity contribution in [2.24, 2.45) is 7.05 Å². The number of pyridine rings is 1. The average Bonchev–Trinajstić information content (AvgIpc) is 3.69. The van der Waals surface area contributed by atoms with Crippen LogP contribution in [0.1, 0.15) is 67.6 Å². The highest BCUT2D eigenvalue weighted by molar-refractivity contribution is 6.17. The van der Waals surface area contributed by atoms with Crippen LogP contribution in [0.5, 0.6) is 0 Å². The second-order valence-corrected chi connectivity index (χ2v) is 15.6. The molecule has 0 saturated heterocycles. The van der Waals surface area contributed by atoms with Gasteiger partial charge in [0.15, 0.2) is 16.6 Å². The fourth-order valence-corrected chi connectivity index (χ4v) is 8.61. The fraction of sp³-hybridized carbons (Fsp3) is 0.200. The van der Waals surface area contributed by atoms with Crippen LogP contribution in [0.25, 0.3) is 83.1 Å². The summed E-state index contributed by atoms with van der Waals surface area (Å²) in [5.41, 5.74) is 17.4. The molecule has 266 valence electrons. The molecule has 0 bridgehead atoms. The van der Waals surface area contributed by atoms with Gasteiger partial charge >= 0.3 is 0 Å². The summed E-state index contributed by atoms with van der Waals surface area (Å²) < 4.78 is 11.9. The Morgan fingerprint density at radius 2 is 1.15 bits per heavy atom. The van der Waals surface area contributed by atoms with E-state index in [1.54, 1.807) is 0 Å². The molecule has 0 saturated carbocycles. The Morgan fingerprint density at radius 3 is 1.81 bits per heavy atom. The van der Waals surface area contributed by atoms with Crippen LogP contribution in [0.3, 0.4) is 0 Å². The SMILES string of the molecule is Cc1cc(-c2ccc(-c3cc(C(C)C)c(-n4c(-c5c(C)ccc6c5oc5c7ccccc7ccc65)[n+](C)c5ccccc54)c(C(C)C)c3)cc2)cc(C)n1. The summed E-state index contributed by atoms with van der Waals surface area (Å²) in [7, 11) is 2.20. The zero-order valence-electron chi connectivity index (χ0n) is 32.5. The molecule has 4 nitrogen and oxygen atoms in total. The van der Waals surface area contributed by atoms with Crippen molar-refractivity contribution in [3.05, 3.63) is 149 Å². The molecule has 6 aromatic carbocycles.